The van der Waals surface area contributed by atoms with Crippen LogP contribution in [0.2, 0.25) is 6.32 Å². The number of rotatable bonds is 3. The maximum absolute atomic E-state index is 6.50. The molecule has 0 amide bonds. The highest BCUT2D eigenvalue weighted by Gasteiger charge is 1.66. The minimum atomic E-state index is 0.670. The van der Waals surface area contributed by atoms with E-state index in [-0.39, 0.29) is 0 Å². The molecule has 0 unspecified atom stereocenters. The molecule has 0 heterocycles. The van der Waals surface area contributed by atoms with Gasteiger partial charge in [0.05, 0.1) is 7.81 Å². The molecule has 0 aromatic carbocycles. The Labute approximate surface area is 35.1 Å². The molecule has 2 heteroatoms. The molecule has 0 saturated carbocycles. The maximum atomic E-state index is 6.50. The van der Waals surface area contributed by atoms with Crippen LogP contribution in [0.1, 0.15) is 0 Å². The molecule has 0 saturated heterocycles. The van der Waals surface area contributed by atoms with Gasteiger partial charge in [-0.15, -0.1) is 0 Å². The van der Waals surface area contributed by atoms with Crippen LogP contribution in [-0.2, 0) is 4.74 Å². The Balaban J connectivity index is 2.34. The molecular formula is C3H8BO. The third-order valence-corrected chi connectivity index (χ3v) is 0.322. The van der Waals surface area contributed by atoms with E-state index in [0.717, 1.165) is 6.32 Å². The molecule has 0 aromatic rings. The van der Waals surface area contributed by atoms with E-state index >= 15 is 0 Å². The zero-order valence-electron chi connectivity index (χ0n) is 4.40. The van der Waals surface area contributed by atoms with Gasteiger partial charge >= 0.3 is 0 Å². The van der Waals surface area contributed by atoms with E-state index in [1.165, 1.54) is 7.81 Å². The predicted molar refractivity (Wildman–Crippen MR) is 23.8 cm³/mol. The van der Waals surface area contributed by atoms with E-state index in [1.807, 2.05) is 0 Å². The van der Waals surface area contributed by atoms with Crippen molar-refractivity contribution in [3.63, 3.8) is 0 Å². The fourth-order valence-electron chi connectivity index (χ4n) is 0.118. The van der Waals surface area contributed by atoms with Crippen LogP contribution >= 0.6 is 0 Å². The van der Waals surface area contributed by atoms with Gasteiger partial charge in [-0.3, -0.25) is 0 Å². The second-order valence-corrected chi connectivity index (χ2v) is 0.781. The number of hydrogen-bond donors (Lipinski definition) is 0. The van der Waals surface area contributed by atoms with Gasteiger partial charge in [-0.2, -0.15) is 0 Å². The van der Waals surface area contributed by atoms with Gasteiger partial charge in [-0.1, -0.05) is 6.32 Å². The summed E-state index contributed by atoms with van der Waals surface area (Å²) >= 11 is 0. The van der Waals surface area contributed by atoms with E-state index in [4.69, 9.17) is 1.34 Å². The van der Waals surface area contributed by atoms with Crippen molar-refractivity contribution < 1.29 is 4.74 Å². The van der Waals surface area contributed by atoms with Gasteiger partial charge in [-0.25, -0.2) is 0 Å². The molecule has 1 nitrogen and oxygen atoms in total. The summed E-state index contributed by atoms with van der Waals surface area (Å²) in [5.41, 5.74) is 0. The lowest BCUT2D eigenvalue weighted by molar-refractivity contribution is 0.216. The summed E-state index contributed by atoms with van der Waals surface area (Å²) in [6.07, 6.45) is 0.733. The number of ether oxygens (including phenoxy) is 1. The van der Waals surface area contributed by atoms with Crippen molar-refractivity contribution in [1.29, 1.82) is 1.34 Å². The van der Waals surface area contributed by atoms with Crippen molar-refractivity contribution in [2.75, 3.05) is 13.7 Å². The summed E-state index contributed by atoms with van der Waals surface area (Å²) in [6.45, 7) is 0.670. The van der Waals surface area contributed by atoms with Gasteiger partial charge in [0.15, 0.2) is 0 Å². The lowest BCUT2D eigenvalue weighted by Gasteiger charge is -1.84. The predicted octanol–water partition coefficient (Wildman–Crippen LogP) is -0.0481. The smallest absolute Gasteiger partial charge is 0.0895 e. The largest absolute Gasteiger partial charge is 0.385 e. The molecule has 0 fully saturated rings. The summed E-state index contributed by atoms with van der Waals surface area (Å²) < 4.78 is 11.1. The van der Waals surface area contributed by atoms with Crippen molar-refractivity contribution >= 4 is 7.81 Å². The first kappa shape index (κ1) is 3.22. The fraction of sp³-hybridized carbons (Fsp3) is 1.00. The average Bonchev–Trinajstić information content (AvgIpc) is 1.61. The van der Waals surface area contributed by atoms with Crippen LogP contribution in [0.5, 0.6) is 0 Å². The minimum Gasteiger partial charge on any atom is -0.385 e. The number of methoxy groups -OCH3 is 1. The van der Waals surface area contributed by atoms with E-state index in [1.54, 1.807) is 7.11 Å². The third kappa shape index (κ3) is 4.02. The Morgan fingerprint density at radius 1 is 2.20 bits per heavy atom. The summed E-state index contributed by atoms with van der Waals surface area (Å²) in [6, 6.07) is 0. The van der Waals surface area contributed by atoms with Gasteiger partial charge in [0.25, 0.3) is 0 Å². The first-order chi connectivity index (χ1) is 2.91. The van der Waals surface area contributed by atoms with Crippen LogP contribution < -0.4 is 0 Å². The normalized spacial score (nSPS) is 10.2. The molecule has 0 rings (SSSR count). The van der Waals surface area contributed by atoms with Crippen LogP contribution in [0.25, 0.3) is 0 Å². The molecule has 5 heavy (non-hydrogen) atoms. The fourth-order valence-corrected chi connectivity index (χ4v) is 0.118. The molecule has 0 bridgehead atoms. The lowest BCUT2D eigenvalue weighted by Crippen LogP contribution is -1.82. The van der Waals surface area contributed by atoms with Crippen LogP contribution in [0, 0.1) is 0 Å². The Hall–Kier alpha value is 0.0249. The van der Waals surface area contributed by atoms with Gasteiger partial charge in [0.2, 0.25) is 0 Å². The molecule has 0 aromatic heterocycles. The summed E-state index contributed by atoms with van der Waals surface area (Å²) in [7, 11) is 2.97. The molecule has 0 aliphatic rings. The van der Waals surface area contributed by atoms with Crippen molar-refractivity contribution in [3.05, 3.63) is 0 Å². The lowest BCUT2D eigenvalue weighted by atomic mass is 10.1. The molecular weight excluding hydrogens is 62.8 g/mol. The molecule has 0 spiro atoms. The van der Waals surface area contributed by atoms with Gasteiger partial charge in [0.1, 0.15) is 0 Å². The highest BCUT2D eigenvalue weighted by molar-refractivity contribution is 6.08. The van der Waals surface area contributed by atoms with Crippen molar-refractivity contribution in [1.82, 2.24) is 0 Å². The molecule has 0 aliphatic carbocycles. The highest BCUT2D eigenvalue weighted by Crippen LogP contribution is 1.67. The summed E-state index contributed by atoms with van der Waals surface area (Å²) in [4.78, 5) is 0. The number of hydrogen-bond acceptors (Lipinski definition) is 1. The Morgan fingerprint density at radius 3 is 3.20 bits per heavy atom. The van der Waals surface area contributed by atoms with Crippen LogP contribution in [0.15, 0.2) is 0 Å². The first-order valence-electron chi connectivity index (χ1n) is 2.18. The van der Waals surface area contributed by atoms with Gasteiger partial charge < -0.3 is 4.74 Å². The van der Waals surface area contributed by atoms with E-state index in [9.17, 15) is 0 Å². The highest BCUT2D eigenvalue weighted by atomic mass is 16.5. The van der Waals surface area contributed by atoms with Crippen LogP contribution in [0.4, 0.5) is 0 Å². The monoisotopic (exact) mass is 72.1 g/mol. The van der Waals surface area contributed by atoms with Crippen molar-refractivity contribution in [2.45, 2.75) is 6.32 Å². The Morgan fingerprint density at radius 2 is 3.00 bits per heavy atom. The summed E-state index contributed by atoms with van der Waals surface area (Å²) in [5.74, 6) is 0. The zero-order valence-corrected chi connectivity index (χ0v) is 3.40. The van der Waals surface area contributed by atoms with Crippen LogP contribution in [0.3, 0.4) is 0 Å². The quantitative estimate of drug-likeness (QED) is 0.335. The van der Waals surface area contributed by atoms with E-state index < -0.39 is 0 Å². The molecule has 0 aliphatic heterocycles. The third-order valence-electron chi connectivity index (χ3n) is 0.322. The van der Waals surface area contributed by atoms with Gasteiger partial charge in [0, 0.05) is 13.7 Å². The Bertz CT molecular complexity index is 22.8. The van der Waals surface area contributed by atoms with Gasteiger partial charge in [-0.05, 0) is 1.34 Å². The SMILES string of the molecule is [2H][B]CCOC. The topological polar surface area (TPSA) is 9.23 Å². The first-order valence-corrected chi connectivity index (χ1v) is 1.61. The minimum absolute atomic E-state index is 0.670. The van der Waals surface area contributed by atoms with E-state index in [0.29, 0.717) is 6.61 Å². The second kappa shape index (κ2) is 4.02. The standard InChI is InChI=1S/C3H8BO/c1-5-3-2-4/h4H,2-3H2,1H3/i4D. The van der Waals surface area contributed by atoms with E-state index in [2.05, 4.69) is 4.74 Å². The maximum Gasteiger partial charge on any atom is 0.0895 e. The van der Waals surface area contributed by atoms with Crippen molar-refractivity contribution in [2.24, 2.45) is 0 Å². The second-order valence-electron chi connectivity index (χ2n) is 0.781. The molecule has 1 radical (unpaired) electrons. The van der Waals surface area contributed by atoms with Crippen LogP contribution in [-0.4, -0.2) is 22.9 Å². The average molecular weight is 71.9 g/mol. The molecule has 0 atom stereocenters. The summed E-state index contributed by atoms with van der Waals surface area (Å²) in [5, 5.41) is 0. The van der Waals surface area contributed by atoms with Crippen molar-refractivity contribution in [3.8, 4) is 0 Å². The molecule has 29 valence electrons. The zero-order chi connectivity index (χ0) is 4.83. The Kier molecular flexibility index (Phi) is 2.60. The molecule has 0 N–H and O–H groups in total.